The van der Waals surface area contributed by atoms with Gasteiger partial charge in [0.2, 0.25) is 0 Å². The fourth-order valence-corrected chi connectivity index (χ4v) is 4.63. The summed E-state index contributed by atoms with van der Waals surface area (Å²) in [6.07, 6.45) is 0.0871. The van der Waals surface area contributed by atoms with Gasteiger partial charge in [-0.1, -0.05) is 67.6 Å². The molecule has 0 fully saturated rings. The van der Waals surface area contributed by atoms with E-state index in [2.05, 4.69) is 32.0 Å². The number of ether oxygens (including phenoxy) is 1. The van der Waals surface area contributed by atoms with Crippen LogP contribution in [-0.2, 0) is 6.54 Å². The van der Waals surface area contributed by atoms with Crippen LogP contribution in [0, 0.1) is 0 Å². The molecule has 0 aliphatic rings. The number of thiazole rings is 1. The van der Waals surface area contributed by atoms with Gasteiger partial charge in [0.25, 0.3) is 5.91 Å². The third-order valence-corrected chi connectivity index (χ3v) is 6.24. The molecule has 0 spiro atoms. The number of fused-ring (bicyclic) bond motifs is 1. The topological polar surface area (TPSA) is 42.4 Å². The van der Waals surface area contributed by atoms with Crippen molar-refractivity contribution in [2.24, 2.45) is 0 Å². The first-order valence-corrected chi connectivity index (χ1v) is 11.8. The van der Waals surface area contributed by atoms with E-state index >= 15 is 0 Å². The van der Waals surface area contributed by atoms with Crippen LogP contribution >= 0.6 is 11.3 Å². The lowest BCUT2D eigenvalue weighted by Gasteiger charge is -2.20. The highest BCUT2D eigenvalue weighted by molar-refractivity contribution is 7.22. The Balaban J connectivity index is 1.73. The molecule has 1 heterocycles. The number of nitrogens with zero attached hydrogens (tertiary/aromatic N) is 2. The first kappa shape index (κ1) is 22.0. The van der Waals surface area contributed by atoms with E-state index in [9.17, 15) is 4.79 Å². The van der Waals surface area contributed by atoms with Gasteiger partial charge in [-0.2, -0.15) is 0 Å². The maximum atomic E-state index is 13.6. The number of hydrogen-bond acceptors (Lipinski definition) is 4. The van der Waals surface area contributed by atoms with Crippen molar-refractivity contribution in [3.05, 3.63) is 89.5 Å². The Bertz CT molecular complexity index is 1200. The van der Waals surface area contributed by atoms with Crippen molar-refractivity contribution in [3.63, 3.8) is 0 Å². The summed E-state index contributed by atoms with van der Waals surface area (Å²) in [5, 5.41) is 0.712. The van der Waals surface area contributed by atoms with Crippen molar-refractivity contribution in [1.29, 1.82) is 0 Å². The number of anilines is 1. The van der Waals surface area contributed by atoms with E-state index in [1.54, 1.807) is 16.2 Å². The van der Waals surface area contributed by atoms with Crippen molar-refractivity contribution < 1.29 is 9.53 Å². The van der Waals surface area contributed by atoms with Gasteiger partial charge in [0, 0.05) is 5.56 Å². The largest absolute Gasteiger partial charge is 0.491 e. The molecular weight excluding hydrogens is 416 g/mol. The van der Waals surface area contributed by atoms with Gasteiger partial charge >= 0.3 is 0 Å². The summed E-state index contributed by atoms with van der Waals surface area (Å²) >= 11 is 1.56. The molecule has 32 heavy (non-hydrogen) atoms. The molecule has 3 aromatic carbocycles. The summed E-state index contributed by atoms with van der Waals surface area (Å²) in [7, 11) is 0. The van der Waals surface area contributed by atoms with Gasteiger partial charge in [-0.3, -0.25) is 9.69 Å². The van der Waals surface area contributed by atoms with Crippen LogP contribution in [0.4, 0.5) is 5.13 Å². The minimum absolute atomic E-state index is 0.0740. The first-order valence-electron chi connectivity index (χ1n) is 10.9. The van der Waals surface area contributed by atoms with E-state index in [4.69, 9.17) is 9.72 Å². The summed E-state index contributed by atoms with van der Waals surface area (Å²) in [6, 6.07) is 23.6. The van der Waals surface area contributed by atoms with Crippen LogP contribution in [0.2, 0.25) is 0 Å². The lowest BCUT2D eigenvalue weighted by atomic mass is 10.0. The quantitative estimate of drug-likeness (QED) is 0.307. The van der Waals surface area contributed by atoms with E-state index in [1.165, 1.54) is 5.56 Å². The molecule has 4 rings (SSSR count). The highest BCUT2D eigenvalue weighted by Gasteiger charge is 2.23. The second-order valence-corrected chi connectivity index (χ2v) is 9.42. The molecule has 0 saturated carbocycles. The van der Waals surface area contributed by atoms with Crippen molar-refractivity contribution in [2.75, 3.05) is 4.90 Å². The average molecular weight is 445 g/mol. The van der Waals surface area contributed by atoms with E-state index < -0.39 is 0 Å². The number of aromatic nitrogens is 1. The molecule has 0 aliphatic heterocycles. The van der Waals surface area contributed by atoms with E-state index in [0.717, 1.165) is 21.5 Å². The summed E-state index contributed by atoms with van der Waals surface area (Å²) in [5.41, 5.74) is 3.85. The highest BCUT2D eigenvalue weighted by Crippen LogP contribution is 2.35. The fourth-order valence-electron chi connectivity index (χ4n) is 3.64. The molecule has 4 nitrogen and oxygen atoms in total. The van der Waals surface area contributed by atoms with Gasteiger partial charge in [-0.25, -0.2) is 4.98 Å². The number of hydrogen-bond donors (Lipinski definition) is 0. The minimum atomic E-state index is -0.0740. The Hall–Kier alpha value is -3.18. The maximum absolute atomic E-state index is 13.6. The summed E-state index contributed by atoms with van der Waals surface area (Å²) in [6.45, 7) is 8.77. The number of rotatable bonds is 7. The van der Waals surface area contributed by atoms with Crippen LogP contribution in [0.1, 0.15) is 55.1 Å². The van der Waals surface area contributed by atoms with E-state index in [1.807, 2.05) is 68.4 Å². The third kappa shape index (κ3) is 4.83. The summed E-state index contributed by atoms with van der Waals surface area (Å²) in [4.78, 5) is 20.3. The standard InChI is InChI=1S/C27H28N2O2S/c1-18(2)23-11-8-12-24-25(23)28-27(32-24)29(17-20-9-6-5-7-10-20)26(30)21-13-15-22(16-14-21)31-19(3)4/h5-16,18-19H,17H2,1-4H3. The van der Waals surface area contributed by atoms with Crippen LogP contribution in [0.5, 0.6) is 5.75 Å². The zero-order valence-corrected chi connectivity index (χ0v) is 19.7. The molecular formula is C27H28N2O2S. The van der Waals surface area contributed by atoms with Gasteiger partial charge in [0.15, 0.2) is 5.13 Å². The average Bonchev–Trinajstić information content (AvgIpc) is 3.21. The molecule has 0 bridgehead atoms. The fraction of sp³-hybridized carbons (Fsp3) is 0.259. The van der Waals surface area contributed by atoms with Gasteiger partial charge in [-0.05, 0) is 61.2 Å². The summed E-state index contributed by atoms with van der Waals surface area (Å²) in [5.74, 6) is 1.04. The zero-order valence-electron chi connectivity index (χ0n) is 18.9. The molecule has 4 aromatic rings. The predicted octanol–water partition coefficient (Wildman–Crippen LogP) is 7.05. The van der Waals surface area contributed by atoms with Crippen molar-refractivity contribution >= 4 is 32.6 Å². The molecule has 5 heteroatoms. The molecule has 0 aliphatic carbocycles. The normalized spacial score (nSPS) is 11.3. The van der Waals surface area contributed by atoms with E-state index in [0.29, 0.717) is 23.2 Å². The Labute approximate surface area is 193 Å². The maximum Gasteiger partial charge on any atom is 0.260 e. The van der Waals surface area contributed by atoms with Gasteiger partial charge in [0.05, 0.1) is 22.9 Å². The first-order chi connectivity index (χ1) is 15.4. The molecule has 1 amide bonds. The molecule has 0 atom stereocenters. The lowest BCUT2D eigenvalue weighted by molar-refractivity contribution is 0.0985. The Morgan fingerprint density at radius 3 is 2.31 bits per heavy atom. The zero-order chi connectivity index (χ0) is 22.7. The van der Waals surface area contributed by atoms with Crippen molar-refractivity contribution in [3.8, 4) is 5.75 Å². The Morgan fingerprint density at radius 2 is 1.66 bits per heavy atom. The van der Waals surface area contributed by atoms with Crippen molar-refractivity contribution in [2.45, 2.75) is 46.3 Å². The van der Waals surface area contributed by atoms with Crippen LogP contribution in [0.3, 0.4) is 0 Å². The number of benzene rings is 3. The predicted molar refractivity (Wildman–Crippen MR) is 133 cm³/mol. The lowest BCUT2D eigenvalue weighted by Crippen LogP contribution is -2.30. The molecule has 1 aromatic heterocycles. The second kappa shape index (κ2) is 9.53. The van der Waals surface area contributed by atoms with Crippen LogP contribution < -0.4 is 9.64 Å². The molecule has 0 unspecified atom stereocenters. The smallest absolute Gasteiger partial charge is 0.260 e. The Kier molecular flexibility index (Phi) is 6.56. The molecule has 0 saturated heterocycles. The summed E-state index contributed by atoms with van der Waals surface area (Å²) < 4.78 is 6.83. The highest BCUT2D eigenvalue weighted by atomic mass is 32.1. The number of carbonyl (C=O) groups is 1. The monoisotopic (exact) mass is 444 g/mol. The SMILES string of the molecule is CC(C)Oc1ccc(C(=O)N(Cc2ccccc2)c2nc3c(C(C)C)cccc3s2)cc1. The number of para-hydroxylation sites is 1. The van der Waals surface area contributed by atoms with Gasteiger partial charge in [0.1, 0.15) is 5.75 Å². The van der Waals surface area contributed by atoms with E-state index in [-0.39, 0.29) is 12.0 Å². The number of amides is 1. The van der Waals surface area contributed by atoms with Crippen molar-refractivity contribution in [1.82, 2.24) is 4.98 Å². The van der Waals surface area contributed by atoms with Gasteiger partial charge in [-0.15, -0.1) is 0 Å². The molecule has 164 valence electrons. The molecule has 0 radical (unpaired) electrons. The van der Waals surface area contributed by atoms with Crippen LogP contribution in [0.15, 0.2) is 72.8 Å². The van der Waals surface area contributed by atoms with Gasteiger partial charge < -0.3 is 4.74 Å². The Morgan fingerprint density at radius 1 is 0.938 bits per heavy atom. The second-order valence-electron chi connectivity index (χ2n) is 8.41. The van der Waals surface area contributed by atoms with Crippen LogP contribution in [0.25, 0.3) is 10.2 Å². The minimum Gasteiger partial charge on any atom is -0.491 e. The molecule has 0 N–H and O–H groups in total. The van der Waals surface area contributed by atoms with Crippen LogP contribution in [-0.4, -0.2) is 17.0 Å². The third-order valence-electron chi connectivity index (χ3n) is 5.19. The number of carbonyl (C=O) groups excluding carboxylic acids is 1.